The summed E-state index contributed by atoms with van der Waals surface area (Å²) >= 11 is 6.00. The molecule has 0 bridgehead atoms. The number of amidine groups is 1. The van der Waals surface area contributed by atoms with Crippen LogP contribution in [0.25, 0.3) is 11.3 Å². The van der Waals surface area contributed by atoms with Crippen molar-refractivity contribution < 1.29 is 21.6 Å². The van der Waals surface area contributed by atoms with Crippen molar-refractivity contribution in [3.63, 3.8) is 0 Å². The number of benzene rings is 1. The highest BCUT2D eigenvalue weighted by atomic mass is 35.5. The van der Waals surface area contributed by atoms with E-state index in [1.165, 1.54) is 0 Å². The lowest BCUT2D eigenvalue weighted by atomic mass is 10.0. The summed E-state index contributed by atoms with van der Waals surface area (Å²) < 4.78 is 66.2. The second kappa shape index (κ2) is 10.6. The fourth-order valence-corrected chi connectivity index (χ4v) is 5.53. The number of rotatable bonds is 6. The van der Waals surface area contributed by atoms with Gasteiger partial charge in [-0.25, -0.2) is 18.1 Å². The van der Waals surface area contributed by atoms with E-state index in [1.807, 2.05) is 23.1 Å². The molecule has 0 spiro atoms. The number of aromatic nitrogens is 2. The van der Waals surface area contributed by atoms with E-state index in [0.29, 0.717) is 48.7 Å². The largest absolute Gasteiger partial charge is 0.433 e. The first-order valence-electron chi connectivity index (χ1n) is 11.2. The molecule has 0 aliphatic carbocycles. The van der Waals surface area contributed by atoms with Gasteiger partial charge in [0.25, 0.3) is 0 Å². The number of nitrogens with one attached hydrogen (secondary N) is 2. The number of aliphatic imine (C=N–C) groups is 2. The molecule has 0 atom stereocenters. The van der Waals surface area contributed by atoms with Crippen LogP contribution in [0.5, 0.6) is 0 Å². The molecule has 2 aromatic heterocycles. The summed E-state index contributed by atoms with van der Waals surface area (Å²) in [5.41, 5.74) is 1.35. The van der Waals surface area contributed by atoms with Crippen molar-refractivity contribution in [2.75, 3.05) is 20.1 Å². The third-order valence-electron chi connectivity index (χ3n) is 6.02. The summed E-state index contributed by atoms with van der Waals surface area (Å²) in [6.45, 7) is 4.66. The first kappa shape index (κ1) is 26.8. The van der Waals surface area contributed by atoms with Gasteiger partial charge in [0.2, 0.25) is 10.0 Å². The number of aromatic amines is 1. The number of likely N-dealkylation sites (tertiary alicyclic amines) is 1. The van der Waals surface area contributed by atoms with E-state index in [2.05, 4.69) is 31.4 Å². The SMILES string of the molecule is C=Nc1[nH]c(-c2ccc(Cl)cc2)cc1C(=NC)N1CCC(NS(=O)(=O)c2ccc(C(F)(F)F)nc2)CC1. The lowest BCUT2D eigenvalue weighted by Gasteiger charge is -2.34. The molecule has 2 N–H and O–H groups in total. The number of pyridine rings is 1. The first-order valence-corrected chi connectivity index (χ1v) is 13.1. The zero-order chi connectivity index (χ0) is 26.8. The Morgan fingerprint density at radius 3 is 2.41 bits per heavy atom. The number of hydrogen-bond donors (Lipinski definition) is 2. The molecule has 4 rings (SSSR count). The first-order chi connectivity index (χ1) is 17.5. The normalized spacial score (nSPS) is 15.7. The number of alkyl halides is 3. The molecule has 1 aromatic carbocycles. The Morgan fingerprint density at radius 2 is 1.86 bits per heavy atom. The van der Waals surface area contributed by atoms with Gasteiger partial charge in [0.1, 0.15) is 22.2 Å². The molecule has 3 aromatic rings. The van der Waals surface area contributed by atoms with Crippen LogP contribution < -0.4 is 4.72 Å². The summed E-state index contributed by atoms with van der Waals surface area (Å²) in [6, 6.07) is 10.5. The van der Waals surface area contributed by atoms with Crippen LogP contribution in [-0.4, -0.2) is 62.0 Å². The third kappa shape index (κ3) is 6.03. The molecule has 0 radical (unpaired) electrons. The van der Waals surface area contributed by atoms with Crippen LogP contribution in [0.4, 0.5) is 19.0 Å². The fourth-order valence-electron chi connectivity index (χ4n) is 4.16. The van der Waals surface area contributed by atoms with Gasteiger partial charge in [0.15, 0.2) is 0 Å². The highest BCUT2D eigenvalue weighted by Gasteiger charge is 2.33. The Kier molecular flexibility index (Phi) is 7.72. The van der Waals surface area contributed by atoms with Crippen LogP contribution in [0.3, 0.4) is 0 Å². The van der Waals surface area contributed by atoms with E-state index in [1.54, 1.807) is 19.2 Å². The zero-order valence-corrected chi connectivity index (χ0v) is 21.3. The molecule has 37 heavy (non-hydrogen) atoms. The molecular weight excluding hydrogens is 529 g/mol. The van der Waals surface area contributed by atoms with E-state index >= 15 is 0 Å². The number of halogens is 4. The van der Waals surface area contributed by atoms with Crippen LogP contribution >= 0.6 is 11.6 Å². The quantitative estimate of drug-likeness (QED) is 0.335. The van der Waals surface area contributed by atoms with Gasteiger partial charge in [-0.1, -0.05) is 23.7 Å². The van der Waals surface area contributed by atoms with E-state index < -0.39 is 27.9 Å². The summed E-state index contributed by atoms with van der Waals surface area (Å²) in [4.78, 5) is 16.8. The standard InChI is InChI=1S/C24H24ClF3N6O2S/c1-29-22-19(13-20(32-22)15-3-5-16(25)6-4-15)23(30-2)34-11-9-17(10-12-34)33-37(35,36)18-7-8-21(31-14-18)24(26,27)28/h3-8,13-14,17,32-33H,1,9-12H2,2H3. The summed E-state index contributed by atoms with van der Waals surface area (Å²) in [6.07, 6.45) is -2.98. The minimum absolute atomic E-state index is 0.317. The predicted octanol–water partition coefficient (Wildman–Crippen LogP) is 4.90. The van der Waals surface area contributed by atoms with Crippen molar-refractivity contribution in [3.8, 4) is 11.3 Å². The molecule has 196 valence electrons. The number of nitrogens with zero attached hydrogens (tertiary/aromatic N) is 4. The molecule has 0 amide bonds. The highest BCUT2D eigenvalue weighted by molar-refractivity contribution is 7.89. The van der Waals surface area contributed by atoms with Crippen molar-refractivity contribution in [2.45, 2.75) is 30.0 Å². The van der Waals surface area contributed by atoms with Crippen molar-refractivity contribution in [1.82, 2.24) is 19.6 Å². The fraction of sp³-hybridized carbons (Fsp3) is 0.292. The Bertz CT molecular complexity index is 1400. The molecule has 3 heterocycles. The van der Waals surface area contributed by atoms with Gasteiger partial charge in [-0.15, -0.1) is 0 Å². The van der Waals surface area contributed by atoms with Crippen molar-refractivity contribution in [2.24, 2.45) is 9.98 Å². The number of hydrogen-bond acceptors (Lipinski definition) is 5. The van der Waals surface area contributed by atoms with Crippen LogP contribution in [0.1, 0.15) is 24.1 Å². The number of piperidine rings is 1. The molecule has 1 saturated heterocycles. The molecule has 1 fully saturated rings. The Hall–Kier alpha value is -3.22. The topological polar surface area (TPSA) is 103 Å². The average Bonchev–Trinajstić information content (AvgIpc) is 3.29. The van der Waals surface area contributed by atoms with E-state index in [4.69, 9.17) is 11.6 Å². The summed E-state index contributed by atoms with van der Waals surface area (Å²) in [7, 11) is -2.35. The van der Waals surface area contributed by atoms with Gasteiger partial charge in [-0.05, 0) is 55.5 Å². The van der Waals surface area contributed by atoms with Gasteiger partial charge < -0.3 is 9.88 Å². The van der Waals surface area contributed by atoms with Gasteiger partial charge in [-0.2, -0.15) is 13.2 Å². The van der Waals surface area contributed by atoms with Crippen LogP contribution in [-0.2, 0) is 16.2 Å². The second-order valence-electron chi connectivity index (χ2n) is 8.42. The highest BCUT2D eigenvalue weighted by Crippen LogP contribution is 2.30. The van der Waals surface area contributed by atoms with Gasteiger partial charge >= 0.3 is 6.18 Å². The summed E-state index contributed by atoms with van der Waals surface area (Å²) in [5, 5.41) is 0.626. The maximum Gasteiger partial charge on any atom is 0.433 e. The molecule has 0 saturated carbocycles. The molecule has 1 aliphatic heterocycles. The van der Waals surface area contributed by atoms with Crippen molar-refractivity contribution in [1.29, 1.82) is 0 Å². The zero-order valence-electron chi connectivity index (χ0n) is 19.8. The van der Waals surface area contributed by atoms with Crippen LogP contribution in [0, 0.1) is 0 Å². The molecule has 8 nitrogen and oxygen atoms in total. The predicted molar refractivity (Wildman–Crippen MR) is 137 cm³/mol. The maximum atomic E-state index is 12.7. The Labute approximate surface area is 217 Å². The minimum atomic E-state index is -4.64. The summed E-state index contributed by atoms with van der Waals surface area (Å²) in [5.74, 6) is 1.25. The lowest BCUT2D eigenvalue weighted by Crippen LogP contribution is -2.46. The monoisotopic (exact) mass is 552 g/mol. The van der Waals surface area contributed by atoms with E-state index in [-0.39, 0.29) is 4.90 Å². The number of sulfonamides is 1. The lowest BCUT2D eigenvalue weighted by molar-refractivity contribution is -0.141. The average molecular weight is 553 g/mol. The van der Waals surface area contributed by atoms with Crippen LogP contribution in [0.2, 0.25) is 5.02 Å². The molecule has 1 aliphatic rings. The van der Waals surface area contributed by atoms with Gasteiger partial charge in [0, 0.05) is 43.1 Å². The van der Waals surface area contributed by atoms with Crippen molar-refractivity contribution in [3.05, 3.63) is 64.9 Å². The van der Waals surface area contributed by atoms with E-state index in [9.17, 15) is 21.6 Å². The van der Waals surface area contributed by atoms with Crippen molar-refractivity contribution >= 4 is 40.0 Å². The maximum absolute atomic E-state index is 12.7. The molecular formula is C24H24ClF3N6O2S. The second-order valence-corrected chi connectivity index (χ2v) is 10.6. The van der Waals surface area contributed by atoms with Crippen LogP contribution in [0.15, 0.2) is 63.5 Å². The molecule has 13 heteroatoms. The van der Waals surface area contributed by atoms with Gasteiger partial charge in [-0.3, -0.25) is 9.98 Å². The number of H-pyrrole nitrogens is 1. The molecule has 0 unspecified atom stereocenters. The van der Waals surface area contributed by atoms with E-state index in [0.717, 1.165) is 29.1 Å². The van der Waals surface area contributed by atoms with Gasteiger partial charge in [0.05, 0.1) is 5.56 Å². The Balaban J connectivity index is 1.44. The Morgan fingerprint density at radius 1 is 1.19 bits per heavy atom. The smallest absolute Gasteiger partial charge is 0.356 e. The third-order valence-corrected chi connectivity index (χ3v) is 7.77. The minimum Gasteiger partial charge on any atom is -0.356 e.